The summed E-state index contributed by atoms with van der Waals surface area (Å²) in [5, 5.41) is 8.75. The maximum absolute atomic E-state index is 8.75. The van der Waals surface area contributed by atoms with Gasteiger partial charge in [-0.3, -0.25) is 0 Å². The molecule has 1 radical (unpaired) electrons. The van der Waals surface area contributed by atoms with Gasteiger partial charge in [0.2, 0.25) is 0 Å². The molecule has 0 aromatic carbocycles. The Kier molecular flexibility index (Phi) is 1.86. The van der Waals surface area contributed by atoms with Crippen LogP contribution in [-0.2, 0) is 0 Å². The molecule has 0 spiro atoms. The molecule has 1 nitrogen and oxygen atoms in total. The summed E-state index contributed by atoms with van der Waals surface area (Å²) in [4.78, 5) is 0.290. The lowest BCUT2D eigenvalue weighted by atomic mass is 10.2. The SMILES string of the molecule is O[C]1C=CC(Br)C=C1. The second kappa shape index (κ2) is 2.46. The highest BCUT2D eigenvalue weighted by molar-refractivity contribution is 9.09. The van der Waals surface area contributed by atoms with Crippen molar-refractivity contribution in [1.82, 2.24) is 0 Å². The summed E-state index contributed by atoms with van der Waals surface area (Å²) in [5.41, 5.74) is 0. The number of allylic oxidation sites excluding steroid dienone is 2. The monoisotopic (exact) mass is 173 g/mol. The topological polar surface area (TPSA) is 20.2 Å². The number of hydrogen-bond acceptors (Lipinski definition) is 1. The minimum Gasteiger partial charge on any atom is -0.378 e. The van der Waals surface area contributed by atoms with Crippen molar-refractivity contribution >= 4 is 15.9 Å². The van der Waals surface area contributed by atoms with Crippen molar-refractivity contribution in [3.63, 3.8) is 0 Å². The zero-order chi connectivity index (χ0) is 5.98. The van der Waals surface area contributed by atoms with Crippen LogP contribution in [0.4, 0.5) is 0 Å². The van der Waals surface area contributed by atoms with Crippen molar-refractivity contribution in [1.29, 1.82) is 0 Å². The average molecular weight is 174 g/mol. The first-order valence-electron chi connectivity index (χ1n) is 2.35. The summed E-state index contributed by atoms with van der Waals surface area (Å²) >= 11 is 3.32. The predicted octanol–water partition coefficient (Wildman–Crippen LogP) is 1.78. The molecule has 0 saturated heterocycles. The Hall–Kier alpha value is -0.0800. The number of hydrogen-bond donors (Lipinski definition) is 1. The van der Waals surface area contributed by atoms with Gasteiger partial charge in [0.1, 0.15) is 6.10 Å². The van der Waals surface area contributed by atoms with Crippen molar-refractivity contribution in [2.24, 2.45) is 0 Å². The predicted molar refractivity (Wildman–Crippen MR) is 36.2 cm³/mol. The van der Waals surface area contributed by atoms with E-state index in [0.29, 0.717) is 10.9 Å². The molecule has 1 N–H and O–H groups in total. The number of aliphatic hydroxyl groups is 1. The lowest BCUT2D eigenvalue weighted by molar-refractivity contribution is 0.368. The fraction of sp³-hybridized carbons (Fsp3) is 0.167. The standard InChI is InChI=1S/C6H6BrO/c7-5-1-3-6(8)4-2-5/h1-5,8H. The van der Waals surface area contributed by atoms with Crippen molar-refractivity contribution in [2.75, 3.05) is 0 Å². The van der Waals surface area contributed by atoms with Gasteiger partial charge in [0.25, 0.3) is 0 Å². The average Bonchev–Trinajstić information content (AvgIpc) is 1.77. The number of alkyl halides is 1. The summed E-state index contributed by atoms with van der Waals surface area (Å²) in [5.74, 6) is 0. The molecule has 0 bridgehead atoms. The highest BCUT2D eigenvalue weighted by atomic mass is 79.9. The van der Waals surface area contributed by atoms with E-state index in [1.165, 1.54) is 0 Å². The first-order chi connectivity index (χ1) is 3.79. The van der Waals surface area contributed by atoms with Crippen LogP contribution in [-0.4, -0.2) is 9.93 Å². The van der Waals surface area contributed by atoms with Gasteiger partial charge in [-0.2, -0.15) is 0 Å². The minimum absolute atomic E-state index is 0.290. The molecule has 0 fully saturated rings. The fourth-order valence-electron chi connectivity index (χ4n) is 0.501. The number of rotatable bonds is 0. The second-order valence-electron chi connectivity index (χ2n) is 1.59. The molecule has 0 aromatic rings. The van der Waals surface area contributed by atoms with Gasteiger partial charge in [-0.1, -0.05) is 28.1 Å². The van der Waals surface area contributed by atoms with Crippen LogP contribution in [0, 0.1) is 6.10 Å². The molecule has 2 heteroatoms. The third-order valence-corrected chi connectivity index (χ3v) is 1.51. The van der Waals surface area contributed by atoms with Crippen LogP contribution in [0.15, 0.2) is 24.3 Å². The Morgan fingerprint density at radius 2 is 1.88 bits per heavy atom. The van der Waals surface area contributed by atoms with E-state index in [2.05, 4.69) is 15.9 Å². The minimum atomic E-state index is 0.290. The third-order valence-electron chi connectivity index (χ3n) is 0.902. The van der Waals surface area contributed by atoms with Gasteiger partial charge in [0.05, 0.1) is 4.83 Å². The normalized spacial score (nSPS) is 22.2. The van der Waals surface area contributed by atoms with E-state index >= 15 is 0 Å². The maximum Gasteiger partial charge on any atom is 0.137 e. The Balaban J connectivity index is 2.54. The number of halogens is 1. The summed E-state index contributed by atoms with van der Waals surface area (Å²) in [7, 11) is 0. The lowest BCUT2D eigenvalue weighted by Gasteiger charge is -2.04. The van der Waals surface area contributed by atoms with Gasteiger partial charge in [-0.25, -0.2) is 0 Å². The van der Waals surface area contributed by atoms with Crippen LogP contribution in [0.1, 0.15) is 0 Å². The van der Waals surface area contributed by atoms with Crippen LogP contribution in [0.5, 0.6) is 0 Å². The van der Waals surface area contributed by atoms with Gasteiger partial charge in [0.15, 0.2) is 0 Å². The lowest BCUT2D eigenvalue weighted by Crippen LogP contribution is -1.96. The van der Waals surface area contributed by atoms with Crippen LogP contribution >= 0.6 is 15.9 Å². The highest BCUT2D eigenvalue weighted by Crippen LogP contribution is 2.13. The van der Waals surface area contributed by atoms with Gasteiger partial charge in [-0.15, -0.1) is 0 Å². The largest absolute Gasteiger partial charge is 0.378 e. The van der Waals surface area contributed by atoms with Gasteiger partial charge in [0, 0.05) is 0 Å². The van der Waals surface area contributed by atoms with Gasteiger partial charge in [-0.05, 0) is 12.2 Å². The zero-order valence-electron chi connectivity index (χ0n) is 4.21. The van der Waals surface area contributed by atoms with Crippen LogP contribution in [0.2, 0.25) is 0 Å². The highest BCUT2D eigenvalue weighted by Gasteiger charge is 2.02. The first-order valence-corrected chi connectivity index (χ1v) is 3.27. The van der Waals surface area contributed by atoms with E-state index < -0.39 is 0 Å². The number of aliphatic hydroxyl groups excluding tert-OH is 1. The molecule has 1 rings (SSSR count). The van der Waals surface area contributed by atoms with Crippen LogP contribution < -0.4 is 0 Å². The molecule has 0 heterocycles. The maximum atomic E-state index is 8.75. The Morgan fingerprint density at radius 3 is 2.25 bits per heavy atom. The zero-order valence-corrected chi connectivity index (χ0v) is 5.80. The molecule has 0 saturated carbocycles. The molecule has 0 atom stereocenters. The van der Waals surface area contributed by atoms with Gasteiger partial charge < -0.3 is 5.11 Å². The Morgan fingerprint density at radius 1 is 1.38 bits per heavy atom. The van der Waals surface area contributed by atoms with Crippen LogP contribution in [0.3, 0.4) is 0 Å². The van der Waals surface area contributed by atoms with Crippen LogP contribution in [0.25, 0.3) is 0 Å². The van der Waals surface area contributed by atoms with Crippen molar-refractivity contribution in [2.45, 2.75) is 4.83 Å². The fourth-order valence-corrected chi connectivity index (χ4v) is 0.806. The molecule has 8 heavy (non-hydrogen) atoms. The molecule has 0 unspecified atom stereocenters. The van der Waals surface area contributed by atoms with E-state index in [-0.39, 0.29) is 0 Å². The summed E-state index contributed by atoms with van der Waals surface area (Å²) in [6.45, 7) is 0. The third kappa shape index (κ3) is 1.46. The quantitative estimate of drug-likeness (QED) is 0.555. The molecule has 0 aliphatic heterocycles. The summed E-state index contributed by atoms with van der Waals surface area (Å²) in [6, 6.07) is 0. The van der Waals surface area contributed by atoms with E-state index in [4.69, 9.17) is 5.11 Å². The molecular formula is C6H6BrO. The molecule has 43 valence electrons. The van der Waals surface area contributed by atoms with E-state index in [0.717, 1.165) is 0 Å². The molecule has 1 aliphatic carbocycles. The Labute approximate surface area is 56.8 Å². The van der Waals surface area contributed by atoms with E-state index in [9.17, 15) is 0 Å². The first kappa shape index (κ1) is 6.05. The van der Waals surface area contributed by atoms with E-state index in [1.807, 2.05) is 12.2 Å². The van der Waals surface area contributed by atoms with E-state index in [1.54, 1.807) is 12.2 Å². The Bertz CT molecular complexity index is 100. The smallest absolute Gasteiger partial charge is 0.137 e. The van der Waals surface area contributed by atoms with Crippen molar-refractivity contribution in [3.8, 4) is 0 Å². The summed E-state index contributed by atoms with van der Waals surface area (Å²) < 4.78 is 0. The summed E-state index contributed by atoms with van der Waals surface area (Å²) in [6.07, 6.45) is 7.39. The molecular weight excluding hydrogens is 168 g/mol. The second-order valence-corrected chi connectivity index (χ2v) is 2.64. The molecule has 0 amide bonds. The molecule has 0 aromatic heterocycles. The van der Waals surface area contributed by atoms with Crippen molar-refractivity contribution in [3.05, 3.63) is 30.4 Å². The molecule has 1 aliphatic rings. The van der Waals surface area contributed by atoms with Gasteiger partial charge >= 0.3 is 0 Å². The van der Waals surface area contributed by atoms with Crippen molar-refractivity contribution < 1.29 is 5.11 Å².